The lowest BCUT2D eigenvalue weighted by atomic mass is 10.0. The van der Waals surface area contributed by atoms with Gasteiger partial charge in [-0.25, -0.2) is 18.9 Å². The molecule has 0 aliphatic carbocycles. The molecule has 0 saturated heterocycles. The summed E-state index contributed by atoms with van der Waals surface area (Å²) in [6.45, 7) is 0. The third-order valence-corrected chi connectivity index (χ3v) is 4.75. The molecular formula is C17H10ClF7N4O2. The number of hydrogen-bond donors (Lipinski definition) is 1. The van der Waals surface area contributed by atoms with Crippen LogP contribution in [0.25, 0.3) is 16.9 Å². The highest BCUT2D eigenvalue weighted by Crippen LogP contribution is 2.53. The zero-order valence-electron chi connectivity index (χ0n) is 15.1. The van der Waals surface area contributed by atoms with E-state index in [1.54, 1.807) is 0 Å². The molecule has 0 spiro atoms. The summed E-state index contributed by atoms with van der Waals surface area (Å²) in [5.74, 6) is -1.67. The van der Waals surface area contributed by atoms with E-state index < -0.39 is 29.7 Å². The molecule has 3 rings (SSSR count). The zero-order chi connectivity index (χ0) is 23.4. The number of carboxylic acid groups (broad SMARTS) is 1. The highest BCUT2D eigenvalue weighted by atomic mass is 35.5. The molecule has 0 bridgehead atoms. The second-order valence-corrected chi connectivity index (χ2v) is 6.69. The van der Waals surface area contributed by atoms with Gasteiger partial charge in [0.25, 0.3) is 0 Å². The maximum atomic E-state index is 14.4. The predicted octanol–water partition coefficient (Wildman–Crippen LogP) is 4.91. The maximum absolute atomic E-state index is 14.4. The molecule has 0 fully saturated rings. The van der Waals surface area contributed by atoms with Crippen molar-refractivity contribution in [2.75, 3.05) is 0 Å². The van der Waals surface area contributed by atoms with Gasteiger partial charge in [-0.3, -0.25) is 0 Å². The smallest absolute Gasteiger partial charge is 0.437 e. The van der Waals surface area contributed by atoms with Crippen LogP contribution in [0.2, 0.25) is 5.15 Å². The molecule has 0 unspecified atom stereocenters. The van der Waals surface area contributed by atoms with Gasteiger partial charge in [0, 0.05) is 30.6 Å². The van der Waals surface area contributed by atoms with Crippen molar-refractivity contribution in [3.8, 4) is 16.9 Å². The fraction of sp³-hybridized carbons (Fsp3) is 0.235. The van der Waals surface area contributed by atoms with E-state index in [1.165, 1.54) is 18.6 Å². The minimum Gasteiger partial charge on any atom is -0.478 e. The van der Waals surface area contributed by atoms with Crippen molar-refractivity contribution in [3.05, 3.63) is 53.2 Å². The second-order valence-electron chi connectivity index (χ2n) is 6.33. The Bertz CT molecular complexity index is 1140. The number of carboxylic acids is 1. The van der Waals surface area contributed by atoms with Crippen molar-refractivity contribution >= 4 is 17.6 Å². The number of aromatic nitrogens is 4. The van der Waals surface area contributed by atoms with Gasteiger partial charge in [0.2, 0.25) is 0 Å². The normalized spacial score (nSPS) is 12.9. The van der Waals surface area contributed by atoms with Crippen molar-refractivity contribution in [2.45, 2.75) is 18.0 Å². The van der Waals surface area contributed by atoms with Gasteiger partial charge in [-0.15, -0.1) is 0 Å². The van der Waals surface area contributed by atoms with Gasteiger partial charge in [0.1, 0.15) is 11.0 Å². The first kappa shape index (κ1) is 22.6. The van der Waals surface area contributed by atoms with Gasteiger partial charge in [-0.1, -0.05) is 11.6 Å². The van der Waals surface area contributed by atoms with Crippen molar-refractivity contribution in [3.63, 3.8) is 0 Å². The summed E-state index contributed by atoms with van der Waals surface area (Å²) < 4.78 is 93.9. The molecule has 3 aromatic rings. The van der Waals surface area contributed by atoms with E-state index in [9.17, 15) is 35.5 Å². The maximum Gasteiger partial charge on any atom is 0.437 e. The molecule has 3 heterocycles. The SMILES string of the molecule is Cn1c(-n2cc(-c3cnc(Cl)c(C(=O)O)c3)cn2)ccc1C(F)(C(F)(F)F)C(F)(F)F. The largest absolute Gasteiger partial charge is 0.478 e. The Balaban J connectivity index is 2.07. The number of hydrogen-bond acceptors (Lipinski definition) is 3. The Morgan fingerprint density at radius 3 is 2.19 bits per heavy atom. The molecule has 166 valence electrons. The summed E-state index contributed by atoms with van der Waals surface area (Å²) in [5, 5.41) is 12.7. The molecule has 0 amide bonds. The monoisotopic (exact) mass is 470 g/mol. The molecule has 3 aromatic heterocycles. The van der Waals surface area contributed by atoms with Gasteiger partial charge < -0.3 is 9.67 Å². The van der Waals surface area contributed by atoms with Gasteiger partial charge in [-0.2, -0.15) is 31.4 Å². The quantitative estimate of drug-likeness (QED) is 0.434. The topological polar surface area (TPSA) is 72.9 Å². The first-order valence-corrected chi connectivity index (χ1v) is 8.49. The minimum absolute atomic E-state index is 0.216. The van der Waals surface area contributed by atoms with E-state index in [0.717, 1.165) is 23.9 Å². The average Bonchev–Trinajstić information content (AvgIpc) is 3.26. The number of alkyl halides is 7. The summed E-state index contributed by atoms with van der Waals surface area (Å²) in [5.41, 5.74) is -7.16. The first-order chi connectivity index (χ1) is 14.2. The van der Waals surface area contributed by atoms with Crippen molar-refractivity contribution < 1.29 is 40.6 Å². The van der Waals surface area contributed by atoms with E-state index in [-0.39, 0.29) is 27.7 Å². The summed E-state index contributed by atoms with van der Waals surface area (Å²) in [4.78, 5) is 14.9. The Kier molecular flexibility index (Phi) is 5.29. The Morgan fingerprint density at radius 2 is 1.65 bits per heavy atom. The Hall–Kier alpha value is -3.09. The standard InChI is InChI=1S/C17H10ClF7N4O2/c1-28-11(15(19,16(20,21)22)17(23,24)25)2-3-12(28)29-7-9(6-27-29)8-4-10(14(30)31)13(18)26-5-8/h2-7H,1H3,(H,30,31). The second kappa shape index (κ2) is 7.25. The minimum atomic E-state index is -6.26. The lowest BCUT2D eigenvalue weighted by Crippen LogP contribution is -2.51. The van der Waals surface area contributed by atoms with Crippen molar-refractivity contribution in [1.29, 1.82) is 0 Å². The number of aromatic carboxylic acids is 1. The Morgan fingerprint density at radius 1 is 1.03 bits per heavy atom. The zero-order valence-corrected chi connectivity index (χ0v) is 15.9. The Labute approximate surface area is 173 Å². The fourth-order valence-corrected chi connectivity index (χ4v) is 3.06. The van der Waals surface area contributed by atoms with Crippen LogP contribution in [0.3, 0.4) is 0 Å². The molecule has 0 saturated carbocycles. The number of rotatable bonds is 4. The molecular weight excluding hydrogens is 461 g/mol. The summed E-state index contributed by atoms with van der Waals surface area (Å²) >= 11 is 5.68. The van der Waals surface area contributed by atoms with E-state index in [4.69, 9.17) is 16.7 Å². The lowest BCUT2D eigenvalue weighted by Gasteiger charge is -2.30. The van der Waals surface area contributed by atoms with Crippen molar-refractivity contribution in [1.82, 2.24) is 19.3 Å². The van der Waals surface area contributed by atoms with Crippen LogP contribution in [0.1, 0.15) is 16.1 Å². The van der Waals surface area contributed by atoms with Gasteiger partial charge >= 0.3 is 24.0 Å². The van der Waals surface area contributed by atoms with Gasteiger partial charge in [0.15, 0.2) is 0 Å². The highest BCUT2D eigenvalue weighted by Gasteiger charge is 2.74. The van der Waals surface area contributed by atoms with E-state index in [1.807, 2.05) is 0 Å². The molecule has 14 heteroatoms. The third kappa shape index (κ3) is 3.62. The van der Waals surface area contributed by atoms with Crippen LogP contribution in [0, 0.1) is 0 Å². The van der Waals surface area contributed by atoms with E-state index >= 15 is 0 Å². The molecule has 31 heavy (non-hydrogen) atoms. The molecule has 0 aromatic carbocycles. The van der Waals surface area contributed by atoms with Crippen LogP contribution in [-0.4, -0.2) is 42.8 Å². The van der Waals surface area contributed by atoms with Crippen LogP contribution >= 0.6 is 11.6 Å². The number of halogens is 8. The van der Waals surface area contributed by atoms with E-state index in [0.29, 0.717) is 10.6 Å². The van der Waals surface area contributed by atoms with Gasteiger partial charge in [-0.05, 0) is 18.2 Å². The van der Waals surface area contributed by atoms with Crippen LogP contribution in [0.5, 0.6) is 0 Å². The van der Waals surface area contributed by atoms with Crippen LogP contribution in [0.4, 0.5) is 30.7 Å². The molecule has 0 atom stereocenters. The fourth-order valence-electron chi connectivity index (χ4n) is 2.88. The van der Waals surface area contributed by atoms with Gasteiger partial charge in [0.05, 0.1) is 17.5 Å². The first-order valence-electron chi connectivity index (χ1n) is 8.11. The molecule has 0 radical (unpaired) electrons. The van der Waals surface area contributed by atoms with Crippen LogP contribution in [-0.2, 0) is 12.7 Å². The van der Waals surface area contributed by atoms with E-state index in [2.05, 4.69) is 10.1 Å². The highest BCUT2D eigenvalue weighted by molar-refractivity contribution is 6.32. The molecule has 0 aliphatic rings. The predicted molar refractivity (Wildman–Crippen MR) is 92.6 cm³/mol. The summed E-state index contributed by atoms with van der Waals surface area (Å²) in [7, 11) is 0.824. The third-order valence-electron chi connectivity index (χ3n) is 4.45. The van der Waals surface area contributed by atoms with Crippen LogP contribution in [0.15, 0.2) is 36.8 Å². The lowest BCUT2D eigenvalue weighted by molar-refractivity contribution is -0.350. The summed E-state index contributed by atoms with van der Waals surface area (Å²) in [6, 6.07) is 2.36. The molecule has 6 nitrogen and oxygen atoms in total. The van der Waals surface area contributed by atoms with Crippen molar-refractivity contribution in [2.24, 2.45) is 7.05 Å². The number of pyridine rings is 1. The molecule has 0 aliphatic heterocycles. The number of carbonyl (C=O) groups is 1. The molecule has 1 N–H and O–H groups in total. The number of nitrogens with zero attached hydrogens (tertiary/aromatic N) is 4. The average molecular weight is 471 g/mol. The van der Waals surface area contributed by atoms with Crippen LogP contribution < -0.4 is 0 Å². The summed E-state index contributed by atoms with van der Waals surface area (Å²) in [6.07, 6.45) is -8.96.